The van der Waals surface area contributed by atoms with Crippen molar-refractivity contribution in [1.29, 1.82) is 0 Å². The molecule has 0 aliphatic carbocycles. The van der Waals surface area contributed by atoms with Gasteiger partial charge in [0, 0.05) is 24.2 Å². The Labute approximate surface area is 163 Å². The van der Waals surface area contributed by atoms with Gasteiger partial charge in [-0.15, -0.1) is 10.2 Å². The second-order valence-electron chi connectivity index (χ2n) is 7.42. The van der Waals surface area contributed by atoms with Crippen LogP contribution in [0.3, 0.4) is 0 Å². The van der Waals surface area contributed by atoms with Gasteiger partial charge in [0.1, 0.15) is 5.82 Å². The predicted molar refractivity (Wildman–Crippen MR) is 103 cm³/mol. The fourth-order valence-corrected chi connectivity index (χ4v) is 3.75. The van der Waals surface area contributed by atoms with Crippen molar-refractivity contribution in [3.63, 3.8) is 0 Å². The van der Waals surface area contributed by atoms with E-state index < -0.39 is 0 Å². The molecule has 0 radical (unpaired) electrons. The number of likely N-dealkylation sites (tertiary alicyclic amines) is 1. The molecule has 1 aliphatic heterocycles. The molecule has 2 heterocycles. The standard InChI is InChI=1S/C22H22FN3O2/c1-14-10-15(2)12-18(11-14)22(27)26-9-3-4-17(13-26)21-25-24-20(28-21)16-5-7-19(23)8-6-16/h5-8,10-12,17H,3-4,9,13H2,1-2H3. The normalized spacial score (nSPS) is 17.0. The van der Waals surface area contributed by atoms with Gasteiger partial charge in [0.25, 0.3) is 5.91 Å². The zero-order chi connectivity index (χ0) is 19.7. The molecule has 144 valence electrons. The number of aromatic nitrogens is 2. The summed E-state index contributed by atoms with van der Waals surface area (Å²) < 4.78 is 18.9. The second kappa shape index (κ2) is 7.54. The summed E-state index contributed by atoms with van der Waals surface area (Å²) in [6.07, 6.45) is 1.77. The van der Waals surface area contributed by atoms with Crippen molar-refractivity contribution in [2.75, 3.05) is 13.1 Å². The number of carbonyl (C=O) groups excluding carboxylic acids is 1. The molecule has 1 atom stereocenters. The number of hydrogen-bond acceptors (Lipinski definition) is 4. The Balaban J connectivity index is 1.51. The summed E-state index contributed by atoms with van der Waals surface area (Å²) in [5.74, 6) is 0.626. The highest BCUT2D eigenvalue weighted by atomic mass is 19.1. The van der Waals surface area contributed by atoms with Crippen LogP contribution in [0.2, 0.25) is 0 Å². The highest BCUT2D eigenvalue weighted by molar-refractivity contribution is 5.94. The molecule has 1 unspecified atom stereocenters. The first kappa shape index (κ1) is 18.3. The minimum Gasteiger partial charge on any atom is -0.420 e. The van der Waals surface area contributed by atoms with Gasteiger partial charge in [-0.3, -0.25) is 4.79 Å². The molecule has 4 rings (SSSR count). The molecule has 1 amide bonds. The van der Waals surface area contributed by atoms with Gasteiger partial charge in [0.05, 0.1) is 5.92 Å². The Bertz CT molecular complexity index is 977. The number of hydrogen-bond donors (Lipinski definition) is 0. The van der Waals surface area contributed by atoms with E-state index in [9.17, 15) is 9.18 Å². The van der Waals surface area contributed by atoms with Gasteiger partial charge >= 0.3 is 0 Å². The summed E-state index contributed by atoms with van der Waals surface area (Å²) in [7, 11) is 0. The smallest absolute Gasteiger partial charge is 0.253 e. The summed E-state index contributed by atoms with van der Waals surface area (Å²) in [4.78, 5) is 14.8. The zero-order valence-electron chi connectivity index (χ0n) is 16.0. The van der Waals surface area contributed by atoms with Gasteiger partial charge in [-0.05, 0) is 63.1 Å². The molecule has 6 heteroatoms. The average molecular weight is 379 g/mol. The third kappa shape index (κ3) is 3.81. The quantitative estimate of drug-likeness (QED) is 0.672. The van der Waals surface area contributed by atoms with E-state index in [-0.39, 0.29) is 17.6 Å². The molecule has 5 nitrogen and oxygen atoms in total. The Morgan fingerprint density at radius 3 is 2.54 bits per heavy atom. The van der Waals surface area contributed by atoms with E-state index in [0.717, 1.165) is 36.1 Å². The molecule has 1 aromatic heterocycles. The van der Waals surface area contributed by atoms with Crippen molar-refractivity contribution in [2.45, 2.75) is 32.6 Å². The molecule has 1 fully saturated rings. The van der Waals surface area contributed by atoms with Crippen LogP contribution in [0.4, 0.5) is 4.39 Å². The molecule has 0 bridgehead atoms. The number of amides is 1. The molecule has 3 aromatic rings. The summed E-state index contributed by atoms with van der Waals surface area (Å²) in [5.41, 5.74) is 3.56. The van der Waals surface area contributed by atoms with Crippen molar-refractivity contribution in [3.8, 4) is 11.5 Å². The number of halogens is 1. The van der Waals surface area contributed by atoms with Crippen LogP contribution >= 0.6 is 0 Å². The SMILES string of the molecule is Cc1cc(C)cc(C(=O)N2CCCC(c3nnc(-c4ccc(F)cc4)o3)C2)c1. The topological polar surface area (TPSA) is 59.2 Å². The summed E-state index contributed by atoms with van der Waals surface area (Å²) >= 11 is 0. The molecule has 28 heavy (non-hydrogen) atoms. The van der Waals surface area contributed by atoms with Crippen LogP contribution in [-0.2, 0) is 0 Å². The largest absolute Gasteiger partial charge is 0.420 e. The zero-order valence-corrected chi connectivity index (χ0v) is 16.0. The lowest BCUT2D eigenvalue weighted by Gasteiger charge is -2.31. The Morgan fingerprint density at radius 2 is 1.82 bits per heavy atom. The molecular formula is C22H22FN3O2. The van der Waals surface area contributed by atoms with E-state index in [2.05, 4.69) is 16.3 Å². The van der Waals surface area contributed by atoms with Gasteiger partial charge in [0.2, 0.25) is 11.8 Å². The highest BCUT2D eigenvalue weighted by Gasteiger charge is 2.29. The predicted octanol–water partition coefficient (Wildman–Crippen LogP) is 4.51. The fourth-order valence-electron chi connectivity index (χ4n) is 3.75. The lowest BCUT2D eigenvalue weighted by molar-refractivity contribution is 0.0698. The maximum Gasteiger partial charge on any atom is 0.253 e. The van der Waals surface area contributed by atoms with E-state index in [1.807, 2.05) is 30.9 Å². The molecule has 0 N–H and O–H groups in total. The van der Waals surface area contributed by atoms with Crippen LogP contribution in [0.5, 0.6) is 0 Å². The minimum absolute atomic E-state index is 0.00491. The van der Waals surface area contributed by atoms with Crippen LogP contribution in [-0.4, -0.2) is 34.1 Å². The first-order chi connectivity index (χ1) is 13.5. The van der Waals surface area contributed by atoms with Gasteiger partial charge in [0.15, 0.2) is 0 Å². The molecule has 1 aliphatic rings. The summed E-state index contributed by atoms with van der Waals surface area (Å²) in [5, 5.41) is 8.29. The molecule has 0 saturated carbocycles. The van der Waals surface area contributed by atoms with E-state index in [0.29, 0.717) is 23.9 Å². The maximum absolute atomic E-state index is 13.1. The van der Waals surface area contributed by atoms with E-state index >= 15 is 0 Å². The van der Waals surface area contributed by atoms with E-state index in [1.165, 1.54) is 12.1 Å². The van der Waals surface area contributed by atoms with E-state index in [1.54, 1.807) is 12.1 Å². The lowest BCUT2D eigenvalue weighted by atomic mass is 9.97. The number of carbonyl (C=O) groups is 1. The number of nitrogens with zero attached hydrogens (tertiary/aromatic N) is 3. The Morgan fingerprint density at radius 1 is 1.11 bits per heavy atom. The maximum atomic E-state index is 13.1. The summed E-state index contributed by atoms with van der Waals surface area (Å²) in [6, 6.07) is 11.9. The molecule has 1 saturated heterocycles. The summed E-state index contributed by atoms with van der Waals surface area (Å²) in [6.45, 7) is 5.27. The molecule has 0 spiro atoms. The number of rotatable bonds is 3. The number of aryl methyl sites for hydroxylation is 2. The third-order valence-electron chi connectivity index (χ3n) is 5.06. The van der Waals surface area contributed by atoms with Gasteiger partial charge < -0.3 is 9.32 Å². The van der Waals surface area contributed by atoms with Crippen molar-refractivity contribution in [1.82, 2.24) is 15.1 Å². The third-order valence-corrected chi connectivity index (χ3v) is 5.06. The van der Waals surface area contributed by atoms with Crippen LogP contribution in [0.15, 0.2) is 46.9 Å². The van der Waals surface area contributed by atoms with E-state index in [4.69, 9.17) is 4.42 Å². The van der Waals surface area contributed by atoms with Crippen molar-refractivity contribution >= 4 is 5.91 Å². The van der Waals surface area contributed by atoms with Crippen LogP contribution in [0.1, 0.15) is 46.1 Å². The first-order valence-corrected chi connectivity index (χ1v) is 9.46. The van der Waals surface area contributed by atoms with Crippen molar-refractivity contribution in [3.05, 3.63) is 70.9 Å². The van der Waals surface area contributed by atoms with Gasteiger partial charge in [-0.2, -0.15) is 0 Å². The number of piperidine rings is 1. The Kier molecular flexibility index (Phi) is 4.94. The monoisotopic (exact) mass is 379 g/mol. The van der Waals surface area contributed by atoms with Crippen molar-refractivity contribution in [2.24, 2.45) is 0 Å². The minimum atomic E-state index is -0.309. The average Bonchev–Trinajstić information content (AvgIpc) is 3.17. The lowest BCUT2D eigenvalue weighted by Crippen LogP contribution is -2.39. The van der Waals surface area contributed by atoms with Gasteiger partial charge in [-0.25, -0.2) is 4.39 Å². The van der Waals surface area contributed by atoms with Gasteiger partial charge in [-0.1, -0.05) is 17.2 Å². The van der Waals surface area contributed by atoms with Crippen LogP contribution in [0, 0.1) is 19.7 Å². The fraction of sp³-hybridized carbons (Fsp3) is 0.318. The second-order valence-corrected chi connectivity index (χ2v) is 7.42. The number of benzene rings is 2. The Hall–Kier alpha value is -3.02. The molecule has 2 aromatic carbocycles. The van der Waals surface area contributed by atoms with Crippen LogP contribution < -0.4 is 0 Å². The van der Waals surface area contributed by atoms with Crippen molar-refractivity contribution < 1.29 is 13.6 Å². The first-order valence-electron chi connectivity index (χ1n) is 9.46. The highest BCUT2D eigenvalue weighted by Crippen LogP contribution is 2.29. The molecular weight excluding hydrogens is 357 g/mol. The van der Waals surface area contributed by atoms with Crippen LogP contribution in [0.25, 0.3) is 11.5 Å².